The van der Waals surface area contributed by atoms with E-state index in [9.17, 15) is 14.4 Å². The molecule has 1 saturated heterocycles. The normalized spacial score (nSPS) is 25.3. The van der Waals surface area contributed by atoms with E-state index in [1.54, 1.807) is 24.3 Å². The number of hydrogen-bond donors (Lipinski definition) is 0. The highest BCUT2D eigenvalue weighted by Gasteiger charge is 2.40. The van der Waals surface area contributed by atoms with Crippen LogP contribution in [0.4, 0.5) is 0 Å². The molecule has 2 amide bonds. The Labute approximate surface area is 128 Å². The molecule has 1 aromatic carbocycles. The number of piperidine rings is 1. The molecule has 3 rings (SSSR count). The van der Waals surface area contributed by atoms with Gasteiger partial charge in [0.25, 0.3) is 11.8 Å². The van der Waals surface area contributed by atoms with Crippen LogP contribution in [-0.2, 0) is 9.63 Å². The van der Waals surface area contributed by atoms with Gasteiger partial charge in [0.05, 0.1) is 17.0 Å². The van der Waals surface area contributed by atoms with Crippen LogP contribution >= 0.6 is 0 Å². The van der Waals surface area contributed by atoms with Crippen LogP contribution in [0.25, 0.3) is 0 Å². The van der Waals surface area contributed by atoms with Crippen molar-refractivity contribution in [3.8, 4) is 0 Å². The van der Waals surface area contributed by atoms with Gasteiger partial charge >= 0.3 is 5.97 Å². The van der Waals surface area contributed by atoms with Gasteiger partial charge in [0.2, 0.25) is 0 Å². The minimum absolute atomic E-state index is 0.272. The van der Waals surface area contributed by atoms with Gasteiger partial charge in [-0.05, 0) is 45.5 Å². The summed E-state index contributed by atoms with van der Waals surface area (Å²) in [7, 11) is 2.01. The Hall–Kier alpha value is -2.21. The molecule has 2 aliphatic heterocycles. The maximum Gasteiger partial charge on any atom is 0.336 e. The van der Waals surface area contributed by atoms with Gasteiger partial charge < -0.3 is 9.74 Å². The molecule has 1 fully saturated rings. The first-order chi connectivity index (χ1) is 10.5. The SMILES string of the molecule is C[C@@H]1C[C@H](C(=O)ON2C(=O)c3ccccc3C2=O)CCN1C. The van der Waals surface area contributed by atoms with Gasteiger partial charge in [-0.15, -0.1) is 0 Å². The summed E-state index contributed by atoms with van der Waals surface area (Å²) >= 11 is 0. The third-order valence-corrected chi connectivity index (χ3v) is 4.48. The van der Waals surface area contributed by atoms with Gasteiger partial charge in [0.1, 0.15) is 0 Å². The summed E-state index contributed by atoms with van der Waals surface area (Å²) in [5, 5.41) is 0.593. The Balaban J connectivity index is 1.71. The monoisotopic (exact) mass is 302 g/mol. The minimum Gasteiger partial charge on any atom is -0.329 e. The number of amides is 2. The first-order valence-electron chi connectivity index (χ1n) is 7.39. The molecular weight excluding hydrogens is 284 g/mol. The van der Waals surface area contributed by atoms with Crippen molar-refractivity contribution in [2.24, 2.45) is 5.92 Å². The zero-order valence-corrected chi connectivity index (χ0v) is 12.6. The smallest absolute Gasteiger partial charge is 0.329 e. The molecule has 2 heterocycles. The zero-order valence-electron chi connectivity index (χ0n) is 12.6. The molecule has 1 aromatic rings. The molecule has 0 aliphatic carbocycles. The third kappa shape index (κ3) is 2.39. The fourth-order valence-corrected chi connectivity index (χ4v) is 2.92. The van der Waals surface area contributed by atoms with E-state index in [-0.39, 0.29) is 23.1 Å². The third-order valence-electron chi connectivity index (χ3n) is 4.48. The zero-order chi connectivity index (χ0) is 15.9. The van der Waals surface area contributed by atoms with E-state index in [0.717, 1.165) is 6.54 Å². The molecule has 6 nitrogen and oxygen atoms in total. The fourth-order valence-electron chi connectivity index (χ4n) is 2.92. The molecule has 2 atom stereocenters. The molecule has 0 saturated carbocycles. The quantitative estimate of drug-likeness (QED) is 0.774. The maximum absolute atomic E-state index is 12.3. The molecule has 0 radical (unpaired) electrons. The summed E-state index contributed by atoms with van der Waals surface area (Å²) in [6.45, 7) is 2.84. The largest absolute Gasteiger partial charge is 0.336 e. The van der Waals surface area contributed by atoms with Gasteiger partial charge in [-0.3, -0.25) is 9.59 Å². The van der Waals surface area contributed by atoms with E-state index >= 15 is 0 Å². The number of hydrogen-bond acceptors (Lipinski definition) is 5. The van der Waals surface area contributed by atoms with E-state index in [1.807, 2.05) is 14.0 Å². The van der Waals surface area contributed by atoms with Gasteiger partial charge in [-0.1, -0.05) is 17.2 Å². The van der Waals surface area contributed by atoms with Gasteiger partial charge in [0, 0.05) is 6.04 Å². The number of carbonyl (C=O) groups excluding carboxylic acids is 3. The van der Waals surface area contributed by atoms with E-state index in [4.69, 9.17) is 4.84 Å². The van der Waals surface area contributed by atoms with Crippen LogP contribution in [0.5, 0.6) is 0 Å². The van der Waals surface area contributed by atoms with E-state index in [1.165, 1.54) is 0 Å². The fraction of sp³-hybridized carbons (Fsp3) is 0.438. The van der Waals surface area contributed by atoms with Crippen LogP contribution < -0.4 is 0 Å². The number of imide groups is 1. The van der Waals surface area contributed by atoms with Crippen molar-refractivity contribution >= 4 is 17.8 Å². The van der Waals surface area contributed by atoms with Gasteiger partial charge in [0.15, 0.2) is 0 Å². The summed E-state index contributed by atoms with van der Waals surface area (Å²) in [4.78, 5) is 43.9. The lowest BCUT2D eigenvalue weighted by Gasteiger charge is -2.33. The number of nitrogens with zero attached hydrogens (tertiary/aromatic N) is 2. The van der Waals surface area contributed by atoms with Crippen LogP contribution in [0.1, 0.15) is 40.5 Å². The molecule has 0 N–H and O–H groups in total. The summed E-state index contributed by atoms with van der Waals surface area (Å²) in [5.74, 6) is -1.94. The second-order valence-electron chi connectivity index (χ2n) is 5.91. The summed E-state index contributed by atoms with van der Waals surface area (Å²) < 4.78 is 0. The highest BCUT2D eigenvalue weighted by atomic mass is 16.7. The first kappa shape index (κ1) is 14.7. The molecule has 0 unspecified atom stereocenters. The lowest BCUT2D eigenvalue weighted by atomic mass is 9.92. The van der Waals surface area contributed by atoms with E-state index < -0.39 is 17.8 Å². The van der Waals surface area contributed by atoms with E-state index in [2.05, 4.69) is 4.90 Å². The second-order valence-corrected chi connectivity index (χ2v) is 5.91. The van der Waals surface area contributed by atoms with Crippen LogP contribution in [0, 0.1) is 5.92 Å². The lowest BCUT2D eigenvalue weighted by molar-refractivity contribution is -0.175. The van der Waals surface area contributed by atoms with Crippen molar-refractivity contribution in [2.45, 2.75) is 25.8 Å². The highest BCUT2D eigenvalue weighted by molar-refractivity contribution is 6.20. The average molecular weight is 302 g/mol. The van der Waals surface area contributed by atoms with Crippen LogP contribution in [0.3, 0.4) is 0 Å². The van der Waals surface area contributed by atoms with Crippen molar-refractivity contribution in [3.05, 3.63) is 35.4 Å². The van der Waals surface area contributed by atoms with Crippen LogP contribution in [0.2, 0.25) is 0 Å². The van der Waals surface area contributed by atoms with Crippen molar-refractivity contribution < 1.29 is 19.2 Å². The number of rotatable bonds is 2. The predicted molar refractivity (Wildman–Crippen MR) is 77.9 cm³/mol. The summed E-state index contributed by atoms with van der Waals surface area (Å²) in [6, 6.07) is 6.73. The molecular formula is C16H18N2O4. The Kier molecular flexibility index (Phi) is 3.70. The Bertz CT molecular complexity index is 608. The number of hydroxylamine groups is 2. The van der Waals surface area contributed by atoms with Crippen molar-refractivity contribution in [1.29, 1.82) is 0 Å². The van der Waals surface area contributed by atoms with Crippen LogP contribution in [-0.4, -0.2) is 47.4 Å². The molecule has 22 heavy (non-hydrogen) atoms. The maximum atomic E-state index is 12.3. The minimum atomic E-state index is -0.574. The lowest BCUT2D eigenvalue weighted by Crippen LogP contribution is -2.42. The molecule has 6 heteroatoms. The topological polar surface area (TPSA) is 66.9 Å². The summed E-state index contributed by atoms with van der Waals surface area (Å²) in [6.07, 6.45) is 1.33. The van der Waals surface area contributed by atoms with Crippen molar-refractivity contribution in [1.82, 2.24) is 9.96 Å². The number of fused-ring (bicyclic) bond motifs is 1. The van der Waals surface area contributed by atoms with Crippen LogP contribution in [0.15, 0.2) is 24.3 Å². The highest BCUT2D eigenvalue weighted by Crippen LogP contribution is 2.26. The average Bonchev–Trinajstić information content (AvgIpc) is 2.75. The first-order valence-corrected chi connectivity index (χ1v) is 7.39. The second kappa shape index (κ2) is 5.53. The predicted octanol–water partition coefficient (Wildman–Crippen LogP) is 1.47. The molecule has 0 bridgehead atoms. The van der Waals surface area contributed by atoms with E-state index in [0.29, 0.717) is 17.9 Å². The van der Waals surface area contributed by atoms with Gasteiger partial charge in [-0.25, -0.2) is 4.79 Å². The van der Waals surface area contributed by atoms with Crippen molar-refractivity contribution in [3.63, 3.8) is 0 Å². The number of likely N-dealkylation sites (tertiary alicyclic amines) is 1. The molecule has 0 spiro atoms. The molecule has 2 aliphatic rings. The standard InChI is InChI=1S/C16H18N2O4/c1-10-9-11(7-8-17(10)2)16(21)22-18-14(19)12-5-3-4-6-13(12)15(18)20/h3-6,10-11H,7-9H2,1-2H3/t10-,11-/m1/s1. The van der Waals surface area contributed by atoms with Crippen molar-refractivity contribution in [2.75, 3.05) is 13.6 Å². The number of benzene rings is 1. The van der Waals surface area contributed by atoms with Gasteiger partial charge in [-0.2, -0.15) is 0 Å². The Morgan fingerprint density at radius 1 is 1.18 bits per heavy atom. The molecule has 0 aromatic heterocycles. The number of carbonyl (C=O) groups is 3. The Morgan fingerprint density at radius 2 is 1.77 bits per heavy atom. The molecule has 116 valence electrons. The summed E-state index contributed by atoms with van der Waals surface area (Å²) in [5.41, 5.74) is 0.550. The Morgan fingerprint density at radius 3 is 2.32 bits per heavy atom.